The molecule has 3 aliphatic heterocycles. The minimum atomic E-state index is -1.02. The number of carbonyl (C=O) groups excluding carboxylic acids is 7. The standard InChI is InChI=1S/C49H59N9O8.H2S/c1-49(2)42-35(29-57(49)48(65)51-36(30-56(3)4)31-17-12-11-13-18-31)43(55-54-42)53-44(61)32-22-24-33(25-23-32)50-39(59)21-14-9-7-5-6-8-10-15-28-66-38-20-16-19-34-41(38)47(64)58(46(34)63)37-26-27-40(60)52-45(37)62;/h11-13,16-20,22-25,36-37H,5-10,14-15,21,26-30H2,1-4H3,(H,50,59)(H,51,65)(H,52,60,62)(H2,53,54,55,61);1H2/t36-,37?;/m1./s1. The van der Waals surface area contributed by atoms with Crippen molar-refractivity contribution in [2.75, 3.05) is 37.9 Å². The Kier molecular flexibility index (Phi) is 16.6. The Morgan fingerprint density at radius 1 is 0.851 bits per heavy atom. The molecule has 3 aromatic carbocycles. The first-order chi connectivity index (χ1) is 31.7. The summed E-state index contributed by atoms with van der Waals surface area (Å²) in [5.74, 6) is -1.99. The third-order valence-corrected chi connectivity index (χ3v) is 12.4. The fourth-order valence-corrected chi connectivity index (χ4v) is 8.80. The molecule has 0 saturated carbocycles. The molecule has 8 amide bonds. The number of aromatic nitrogens is 2. The zero-order valence-corrected chi connectivity index (χ0v) is 39.5. The molecule has 0 spiro atoms. The van der Waals surface area contributed by atoms with Gasteiger partial charge in [-0.2, -0.15) is 18.6 Å². The van der Waals surface area contributed by atoms with Crippen molar-refractivity contribution in [2.45, 2.75) is 109 Å². The number of benzene rings is 3. The van der Waals surface area contributed by atoms with Gasteiger partial charge in [0.15, 0.2) is 5.82 Å². The van der Waals surface area contributed by atoms with Crippen LogP contribution >= 0.6 is 13.5 Å². The van der Waals surface area contributed by atoms with Crippen LogP contribution in [0.25, 0.3) is 0 Å². The van der Waals surface area contributed by atoms with Crippen molar-refractivity contribution >= 4 is 66.5 Å². The number of fused-ring (bicyclic) bond motifs is 2. The summed E-state index contributed by atoms with van der Waals surface area (Å²) in [6.07, 6.45) is 8.05. The molecule has 1 fully saturated rings. The fourth-order valence-electron chi connectivity index (χ4n) is 8.80. The Labute approximate surface area is 397 Å². The number of likely N-dealkylation sites (N-methyl/N-ethyl adjacent to an activating group) is 1. The summed E-state index contributed by atoms with van der Waals surface area (Å²) < 4.78 is 5.93. The van der Waals surface area contributed by atoms with E-state index >= 15 is 0 Å². The average Bonchev–Trinajstić information content (AvgIpc) is 3.90. The lowest BCUT2D eigenvalue weighted by atomic mass is 10.0. The summed E-state index contributed by atoms with van der Waals surface area (Å²) >= 11 is 0. The summed E-state index contributed by atoms with van der Waals surface area (Å²) in [7, 11) is 3.94. The number of unbranched alkanes of at least 4 members (excludes halogenated alkanes) is 7. The Balaban J connectivity index is 0.00000741. The molecule has 0 bridgehead atoms. The van der Waals surface area contributed by atoms with Crippen LogP contribution in [0.15, 0.2) is 72.8 Å². The number of aromatic amines is 1. The molecule has 4 aromatic rings. The predicted molar refractivity (Wildman–Crippen MR) is 257 cm³/mol. The highest BCUT2D eigenvalue weighted by Crippen LogP contribution is 2.41. The number of rotatable bonds is 20. The van der Waals surface area contributed by atoms with Crippen molar-refractivity contribution in [3.63, 3.8) is 0 Å². The number of nitrogens with one attached hydrogen (secondary N) is 5. The van der Waals surface area contributed by atoms with Gasteiger partial charge in [-0.3, -0.25) is 44.1 Å². The first-order valence-corrected chi connectivity index (χ1v) is 22.8. The van der Waals surface area contributed by atoms with Gasteiger partial charge in [0.05, 0.1) is 41.6 Å². The largest absolute Gasteiger partial charge is 0.493 e. The zero-order valence-electron chi connectivity index (χ0n) is 38.5. The van der Waals surface area contributed by atoms with E-state index in [0.717, 1.165) is 73.1 Å². The second-order valence-electron chi connectivity index (χ2n) is 17.9. The second kappa shape index (κ2) is 22.3. The number of nitrogens with zero attached hydrogens (tertiary/aromatic N) is 4. The Morgan fingerprint density at radius 3 is 2.22 bits per heavy atom. The minimum Gasteiger partial charge on any atom is -0.493 e. The van der Waals surface area contributed by atoms with Crippen molar-refractivity contribution < 1.29 is 38.3 Å². The van der Waals surface area contributed by atoms with Gasteiger partial charge in [0.25, 0.3) is 17.7 Å². The number of ether oxygens (including phenoxy) is 1. The number of hydrogen-bond acceptors (Lipinski definition) is 10. The van der Waals surface area contributed by atoms with E-state index in [9.17, 15) is 33.6 Å². The number of imide groups is 2. The van der Waals surface area contributed by atoms with Gasteiger partial charge >= 0.3 is 6.03 Å². The maximum atomic E-state index is 13.7. The molecule has 17 nitrogen and oxygen atoms in total. The van der Waals surface area contributed by atoms with Crippen molar-refractivity contribution in [1.29, 1.82) is 0 Å². The molecule has 3 aliphatic rings. The summed E-state index contributed by atoms with van der Waals surface area (Å²) in [6, 6.07) is 19.9. The molecule has 1 saturated heterocycles. The van der Waals surface area contributed by atoms with Crippen molar-refractivity contribution in [1.82, 2.24) is 35.5 Å². The molecule has 356 valence electrons. The number of anilines is 2. The number of urea groups is 1. The second-order valence-corrected chi connectivity index (χ2v) is 17.9. The van der Waals surface area contributed by atoms with Gasteiger partial charge in [0.2, 0.25) is 17.7 Å². The zero-order chi connectivity index (χ0) is 47.0. The van der Waals surface area contributed by atoms with Crippen LogP contribution in [-0.2, 0) is 26.5 Å². The van der Waals surface area contributed by atoms with Gasteiger partial charge in [-0.15, -0.1) is 0 Å². The van der Waals surface area contributed by atoms with E-state index in [1.54, 1.807) is 47.4 Å². The highest BCUT2D eigenvalue weighted by molar-refractivity contribution is 7.59. The van der Waals surface area contributed by atoms with Crippen LogP contribution in [0.1, 0.15) is 138 Å². The summed E-state index contributed by atoms with van der Waals surface area (Å²) in [5, 5.41) is 18.7. The van der Waals surface area contributed by atoms with Crippen LogP contribution in [0.3, 0.4) is 0 Å². The smallest absolute Gasteiger partial charge is 0.319 e. The monoisotopic (exact) mass is 935 g/mol. The van der Waals surface area contributed by atoms with E-state index in [2.05, 4.69) is 31.5 Å². The first-order valence-electron chi connectivity index (χ1n) is 22.8. The van der Waals surface area contributed by atoms with E-state index < -0.39 is 35.2 Å². The van der Waals surface area contributed by atoms with Crippen LogP contribution in [-0.4, -0.2) is 99.7 Å². The summed E-state index contributed by atoms with van der Waals surface area (Å²) in [4.78, 5) is 94.7. The third kappa shape index (κ3) is 11.7. The maximum absolute atomic E-state index is 13.7. The Morgan fingerprint density at radius 2 is 1.54 bits per heavy atom. The molecule has 0 aliphatic carbocycles. The Bertz CT molecular complexity index is 2460. The molecule has 67 heavy (non-hydrogen) atoms. The molecule has 2 atom stereocenters. The minimum absolute atomic E-state index is 0. The average molecular weight is 936 g/mol. The lowest BCUT2D eigenvalue weighted by Crippen LogP contribution is -2.54. The molecule has 7 rings (SSSR count). The Hall–Kier alpha value is -6.53. The third-order valence-electron chi connectivity index (χ3n) is 12.4. The van der Waals surface area contributed by atoms with E-state index in [-0.39, 0.29) is 67.9 Å². The van der Waals surface area contributed by atoms with Crippen LogP contribution in [0, 0.1) is 0 Å². The van der Waals surface area contributed by atoms with E-state index in [4.69, 9.17) is 4.74 Å². The lowest BCUT2D eigenvalue weighted by molar-refractivity contribution is -0.136. The number of H-pyrrole nitrogens is 1. The number of piperidine rings is 1. The fraction of sp³-hybridized carbons (Fsp3) is 0.429. The van der Waals surface area contributed by atoms with E-state index in [1.165, 1.54) is 0 Å². The molecular weight excluding hydrogens is 875 g/mol. The van der Waals surface area contributed by atoms with E-state index in [1.807, 2.05) is 63.2 Å². The highest BCUT2D eigenvalue weighted by atomic mass is 32.1. The predicted octanol–water partition coefficient (Wildman–Crippen LogP) is 6.77. The molecule has 5 N–H and O–H groups in total. The summed E-state index contributed by atoms with van der Waals surface area (Å²) in [6.45, 7) is 5.16. The molecule has 4 heterocycles. The van der Waals surface area contributed by atoms with E-state index in [0.29, 0.717) is 42.4 Å². The quantitative estimate of drug-likeness (QED) is 0.0463. The normalized spacial score (nSPS) is 16.5. The molecule has 18 heteroatoms. The van der Waals surface area contributed by atoms with Crippen LogP contribution in [0.2, 0.25) is 0 Å². The molecule has 1 unspecified atom stereocenters. The highest BCUT2D eigenvalue weighted by Gasteiger charge is 2.47. The van der Waals surface area contributed by atoms with Crippen LogP contribution in [0.4, 0.5) is 16.3 Å². The summed E-state index contributed by atoms with van der Waals surface area (Å²) in [5.41, 5.74) is 3.15. The van der Waals surface area contributed by atoms with Gasteiger partial charge in [0, 0.05) is 36.2 Å². The van der Waals surface area contributed by atoms with Gasteiger partial charge in [-0.1, -0.05) is 74.9 Å². The van der Waals surface area contributed by atoms with Gasteiger partial charge in [0.1, 0.15) is 11.8 Å². The van der Waals surface area contributed by atoms with Crippen molar-refractivity contribution in [3.05, 3.63) is 106 Å². The van der Waals surface area contributed by atoms with Crippen LogP contribution in [0.5, 0.6) is 5.75 Å². The number of hydrogen-bond donors (Lipinski definition) is 5. The molecule has 1 aromatic heterocycles. The maximum Gasteiger partial charge on any atom is 0.319 e. The lowest BCUT2D eigenvalue weighted by Gasteiger charge is -2.34. The SMILES string of the molecule is CN(C)C[C@@H](NC(=O)N1Cc2c(NC(=O)c3ccc(NC(=O)CCCCCCCCCCOc4cccc5c4C(=O)N(C4CCC(=O)NC4=O)C5=O)cc3)n[nH]c2C1(C)C)c1ccccc1.S. The first kappa shape index (κ1) is 49.9. The van der Waals surface area contributed by atoms with Crippen molar-refractivity contribution in [3.8, 4) is 5.75 Å². The van der Waals surface area contributed by atoms with Gasteiger partial charge in [-0.05, 0) is 89.2 Å². The van der Waals surface area contributed by atoms with Gasteiger partial charge in [-0.25, -0.2) is 4.79 Å². The number of carbonyl (C=O) groups is 7. The molecular formula is C49H61N9O8S. The van der Waals surface area contributed by atoms with Gasteiger partial charge < -0.3 is 30.5 Å². The van der Waals surface area contributed by atoms with Crippen molar-refractivity contribution in [2.24, 2.45) is 0 Å². The topological polar surface area (TPSA) is 215 Å². The van der Waals surface area contributed by atoms with Crippen LogP contribution < -0.4 is 26.0 Å². The number of amides is 8. The molecule has 0 radical (unpaired) electrons.